The third kappa shape index (κ3) is 4.00. The van der Waals surface area contributed by atoms with Crippen LogP contribution in [0.5, 0.6) is 0 Å². The maximum atomic E-state index is 13.1. The molecule has 1 atom stereocenters. The van der Waals surface area contributed by atoms with E-state index in [0.29, 0.717) is 16.6 Å². The Morgan fingerprint density at radius 2 is 1.94 bits per heavy atom. The summed E-state index contributed by atoms with van der Waals surface area (Å²) in [4.78, 5) is 18.0. The fourth-order valence-electron chi connectivity index (χ4n) is 3.65. The summed E-state index contributed by atoms with van der Waals surface area (Å²) >= 11 is 5.01. The molecule has 32 heavy (non-hydrogen) atoms. The summed E-state index contributed by atoms with van der Waals surface area (Å²) in [6.45, 7) is 2.14. The minimum absolute atomic E-state index is 0.175. The lowest BCUT2D eigenvalue weighted by atomic mass is 10.1. The normalized spacial score (nSPS) is 17.2. The number of carbonyl (C=O) groups is 1. The summed E-state index contributed by atoms with van der Waals surface area (Å²) < 4.78 is 7.22. The van der Waals surface area contributed by atoms with Crippen LogP contribution in [0.1, 0.15) is 31.7 Å². The van der Waals surface area contributed by atoms with E-state index in [2.05, 4.69) is 28.2 Å². The van der Waals surface area contributed by atoms with Crippen LogP contribution >= 0.6 is 27.7 Å². The van der Waals surface area contributed by atoms with Gasteiger partial charge in [0.1, 0.15) is 11.5 Å². The highest BCUT2D eigenvalue weighted by Crippen LogP contribution is 2.34. The van der Waals surface area contributed by atoms with Crippen molar-refractivity contribution in [3.8, 4) is 11.3 Å². The molecular weight excluding hydrogens is 488 g/mol. The minimum atomic E-state index is -0.558. The number of amides is 1. The van der Waals surface area contributed by atoms with Gasteiger partial charge in [0.15, 0.2) is 10.9 Å². The van der Waals surface area contributed by atoms with Gasteiger partial charge in [0.2, 0.25) is 6.17 Å². The second-order valence-corrected chi connectivity index (χ2v) is 9.48. The summed E-state index contributed by atoms with van der Waals surface area (Å²) in [5, 5.41) is 11.5. The molecule has 0 aliphatic carbocycles. The highest BCUT2D eigenvalue weighted by Gasteiger charge is 2.35. The van der Waals surface area contributed by atoms with Crippen LogP contribution in [0, 0.1) is 0 Å². The quantitative estimate of drug-likeness (QED) is 0.519. The standard InChI is InChI=1S/C24H21BrN4O2S/c1-2-3-14-32-24-27-23(30)21-17-6-4-5-7-18(17)26-22(29(21)28-24)20-13-12-19(31-20)15-8-10-16(25)11-9-15/h4-13,22H,2-3,14H2,1H3,(H,27,28,30). The number of hydrogen-bond donors (Lipinski definition) is 1. The first-order valence-corrected chi connectivity index (χ1v) is 12.3. The number of rotatable bonds is 5. The van der Waals surface area contributed by atoms with Crippen molar-refractivity contribution in [2.75, 3.05) is 5.75 Å². The number of nitrogens with one attached hydrogen (secondary N) is 1. The highest BCUT2D eigenvalue weighted by molar-refractivity contribution is 9.10. The Bertz CT molecular complexity index is 1320. The fraction of sp³-hybridized carbons (Fsp3) is 0.208. The number of nitrogens with zero attached hydrogens (tertiary/aromatic N) is 3. The Morgan fingerprint density at radius 3 is 2.75 bits per heavy atom. The van der Waals surface area contributed by atoms with E-state index >= 15 is 0 Å². The van der Waals surface area contributed by atoms with Crippen LogP contribution in [-0.2, 0) is 4.79 Å². The number of para-hydroxylation sites is 1. The number of furan rings is 1. The van der Waals surface area contributed by atoms with Crippen LogP contribution in [0.25, 0.3) is 17.0 Å². The number of benzene rings is 2. The molecule has 1 amide bonds. The van der Waals surface area contributed by atoms with Crippen molar-refractivity contribution >= 4 is 44.5 Å². The van der Waals surface area contributed by atoms with Crippen molar-refractivity contribution in [2.24, 2.45) is 10.1 Å². The predicted octanol–water partition coefficient (Wildman–Crippen LogP) is 4.39. The minimum Gasteiger partial charge on any atom is -0.457 e. The molecule has 5 rings (SSSR count). The molecule has 0 saturated heterocycles. The number of unbranched alkanes of at least 4 members (excludes halogenated alkanes) is 1. The largest absolute Gasteiger partial charge is 0.457 e. The Balaban J connectivity index is 1.57. The lowest BCUT2D eigenvalue weighted by molar-refractivity contribution is -0.116. The Hall–Kier alpha value is -2.84. The fourth-order valence-corrected chi connectivity index (χ4v) is 4.85. The molecule has 2 aliphatic rings. The molecule has 2 aliphatic heterocycles. The van der Waals surface area contributed by atoms with E-state index in [1.807, 2.05) is 60.7 Å². The van der Waals surface area contributed by atoms with Gasteiger partial charge in [-0.25, -0.2) is 10.0 Å². The number of carbonyl (C=O) groups excluding carboxylic acids is 1. The Labute approximate surface area is 198 Å². The van der Waals surface area contributed by atoms with Crippen LogP contribution in [0.3, 0.4) is 0 Å². The zero-order valence-electron chi connectivity index (χ0n) is 17.4. The molecule has 1 aromatic heterocycles. The van der Waals surface area contributed by atoms with Gasteiger partial charge in [0.25, 0.3) is 5.91 Å². The van der Waals surface area contributed by atoms with E-state index in [9.17, 15) is 4.79 Å². The highest BCUT2D eigenvalue weighted by atomic mass is 79.9. The number of fused-ring (bicyclic) bond motifs is 2. The molecule has 3 heterocycles. The predicted molar refractivity (Wildman–Crippen MR) is 130 cm³/mol. The maximum absolute atomic E-state index is 13.1. The molecule has 162 valence electrons. The van der Waals surface area contributed by atoms with Gasteiger partial charge in [-0.1, -0.05) is 71.4 Å². The molecule has 3 aromatic rings. The number of halogens is 1. The lowest BCUT2D eigenvalue weighted by Gasteiger charge is -2.32. The van der Waals surface area contributed by atoms with E-state index in [1.165, 1.54) is 0 Å². The van der Waals surface area contributed by atoms with Crippen LogP contribution in [0.15, 0.2) is 79.6 Å². The van der Waals surface area contributed by atoms with Gasteiger partial charge in [-0.15, -0.1) is 5.10 Å². The molecule has 2 aromatic carbocycles. The second kappa shape index (κ2) is 8.96. The van der Waals surface area contributed by atoms with E-state index < -0.39 is 6.17 Å². The van der Waals surface area contributed by atoms with Crippen molar-refractivity contribution in [3.63, 3.8) is 0 Å². The first-order chi connectivity index (χ1) is 15.6. The van der Waals surface area contributed by atoms with E-state index in [4.69, 9.17) is 14.5 Å². The monoisotopic (exact) mass is 508 g/mol. The first-order valence-electron chi connectivity index (χ1n) is 10.5. The molecule has 0 saturated carbocycles. The van der Waals surface area contributed by atoms with Gasteiger partial charge in [0.05, 0.1) is 5.36 Å². The SMILES string of the molecule is CCCCSC1=NN2C(=c3ccccc3=NC2c2ccc(-c3ccc(Br)cc3)o2)C(=O)N1. The number of amidine groups is 1. The number of thioether (sulfide) groups is 1. The van der Waals surface area contributed by atoms with Crippen LogP contribution in [0.2, 0.25) is 0 Å². The third-order valence-corrected chi connectivity index (χ3v) is 6.74. The number of hydrazone groups is 1. The van der Waals surface area contributed by atoms with Crippen molar-refractivity contribution in [1.82, 2.24) is 10.3 Å². The average Bonchev–Trinajstić information content (AvgIpc) is 3.29. The first kappa shape index (κ1) is 21.0. The molecule has 0 radical (unpaired) electrons. The van der Waals surface area contributed by atoms with Crippen molar-refractivity contribution in [1.29, 1.82) is 0 Å². The van der Waals surface area contributed by atoms with Gasteiger partial charge in [-0.3, -0.25) is 10.1 Å². The van der Waals surface area contributed by atoms with Crippen molar-refractivity contribution in [2.45, 2.75) is 25.9 Å². The Morgan fingerprint density at radius 1 is 1.12 bits per heavy atom. The molecule has 6 nitrogen and oxygen atoms in total. The molecule has 1 N–H and O–H groups in total. The van der Waals surface area contributed by atoms with Gasteiger partial charge < -0.3 is 4.42 Å². The van der Waals surface area contributed by atoms with Crippen LogP contribution < -0.4 is 15.9 Å². The summed E-state index contributed by atoms with van der Waals surface area (Å²) in [5.41, 5.74) is 1.46. The molecular formula is C24H21BrN4O2S. The van der Waals surface area contributed by atoms with Gasteiger partial charge >= 0.3 is 0 Å². The summed E-state index contributed by atoms with van der Waals surface area (Å²) in [6, 6.07) is 19.4. The smallest absolute Gasteiger partial charge is 0.276 e. The van der Waals surface area contributed by atoms with Crippen molar-refractivity contribution in [3.05, 3.63) is 81.5 Å². The van der Waals surface area contributed by atoms with Crippen molar-refractivity contribution < 1.29 is 9.21 Å². The topological polar surface area (TPSA) is 70.2 Å². The second-order valence-electron chi connectivity index (χ2n) is 7.48. The zero-order chi connectivity index (χ0) is 22.1. The Kier molecular flexibility index (Phi) is 5.89. The summed E-state index contributed by atoms with van der Waals surface area (Å²) in [7, 11) is 0. The lowest BCUT2D eigenvalue weighted by Crippen LogP contribution is -2.50. The average molecular weight is 509 g/mol. The van der Waals surface area contributed by atoms with E-state index in [-0.39, 0.29) is 5.91 Å². The van der Waals surface area contributed by atoms with E-state index in [0.717, 1.165) is 45.0 Å². The van der Waals surface area contributed by atoms with Gasteiger partial charge in [0, 0.05) is 21.0 Å². The van der Waals surface area contributed by atoms with Gasteiger partial charge in [-0.2, -0.15) is 0 Å². The van der Waals surface area contributed by atoms with E-state index in [1.54, 1.807) is 16.8 Å². The molecule has 0 fully saturated rings. The van der Waals surface area contributed by atoms with Crippen LogP contribution in [-0.4, -0.2) is 21.8 Å². The molecule has 0 bridgehead atoms. The summed E-state index contributed by atoms with van der Waals surface area (Å²) in [5.74, 6) is 2.09. The molecule has 1 unspecified atom stereocenters. The molecule has 0 spiro atoms. The van der Waals surface area contributed by atoms with Crippen LogP contribution in [0.4, 0.5) is 0 Å². The number of hydrogen-bond acceptors (Lipinski definition) is 6. The summed E-state index contributed by atoms with van der Waals surface area (Å²) in [6.07, 6.45) is 1.59. The zero-order valence-corrected chi connectivity index (χ0v) is 19.8. The van der Waals surface area contributed by atoms with Gasteiger partial charge in [-0.05, 0) is 36.8 Å². The molecule has 8 heteroatoms. The third-order valence-electron chi connectivity index (χ3n) is 5.26. The maximum Gasteiger partial charge on any atom is 0.276 e.